The number of carbonyl (C=O) groups is 2. The number of ether oxygens (including phenoxy) is 1. The summed E-state index contributed by atoms with van der Waals surface area (Å²) in [6.07, 6.45) is 4.01. The maximum absolute atomic E-state index is 13.1. The number of methoxy groups -OCH3 is 1. The van der Waals surface area contributed by atoms with Crippen molar-refractivity contribution in [1.82, 2.24) is 0 Å². The van der Waals surface area contributed by atoms with Crippen molar-refractivity contribution < 1.29 is 19.2 Å². The number of fused-ring (bicyclic) bond motifs is 5. The molecule has 2 aliphatic carbocycles. The van der Waals surface area contributed by atoms with Crippen molar-refractivity contribution in [2.24, 2.45) is 23.7 Å². The largest absolute Gasteiger partial charge is 0.495 e. The predicted octanol–water partition coefficient (Wildman–Crippen LogP) is 2.86. The van der Waals surface area contributed by atoms with E-state index >= 15 is 0 Å². The second-order valence-electron chi connectivity index (χ2n) is 7.07. The van der Waals surface area contributed by atoms with Crippen LogP contribution in [0.15, 0.2) is 41.5 Å². The van der Waals surface area contributed by atoms with Crippen LogP contribution in [0.25, 0.3) is 0 Å². The predicted molar refractivity (Wildman–Crippen MR) is 93.6 cm³/mol. The molecule has 2 fully saturated rings. The molecule has 1 aliphatic heterocycles. The van der Waals surface area contributed by atoms with Crippen molar-refractivity contribution >= 4 is 23.2 Å². The zero-order valence-corrected chi connectivity index (χ0v) is 14.6. The van der Waals surface area contributed by atoms with E-state index in [9.17, 15) is 19.7 Å². The molecule has 7 heteroatoms. The average Bonchev–Trinajstić information content (AvgIpc) is 3.24. The van der Waals surface area contributed by atoms with Crippen molar-refractivity contribution in [3.63, 3.8) is 0 Å². The molecule has 2 amide bonds. The quantitative estimate of drug-likeness (QED) is 0.360. The van der Waals surface area contributed by atoms with Gasteiger partial charge in [0.1, 0.15) is 11.4 Å². The molecule has 2 bridgehead atoms. The molecule has 0 spiro atoms. The minimum atomic E-state index is -0.554. The summed E-state index contributed by atoms with van der Waals surface area (Å²) in [5, 5.41) is 11.1. The number of nitrogens with zero attached hydrogens (tertiary/aromatic N) is 2. The molecule has 1 saturated heterocycles. The van der Waals surface area contributed by atoms with E-state index in [1.165, 1.54) is 25.3 Å². The number of nitro benzene ring substituents is 1. The van der Waals surface area contributed by atoms with Gasteiger partial charge < -0.3 is 4.74 Å². The summed E-state index contributed by atoms with van der Waals surface area (Å²) in [4.78, 5) is 37.9. The highest BCUT2D eigenvalue weighted by molar-refractivity contribution is 6.24. The Bertz CT molecular complexity index is 879. The summed E-state index contributed by atoms with van der Waals surface area (Å²) < 4.78 is 5.25. The molecular weight excluding hydrogens is 336 g/mol. The van der Waals surface area contributed by atoms with Gasteiger partial charge in [0.2, 0.25) is 11.8 Å². The van der Waals surface area contributed by atoms with Crippen LogP contribution in [0.2, 0.25) is 0 Å². The van der Waals surface area contributed by atoms with Gasteiger partial charge in [-0.2, -0.15) is 0 Å². The summed E-state index contributed by atoms with van der Waals surface area (Å²) in [5.41, 5.74) is 2.25. The highest BCUT2D eigenvalue weighted by atomic mass is 16.6. The third-order valence-electron chi connectivity index (χ3n) is 5.61. The molecule has 7 nitrogen and oxygen atoms in total. The number of nitro groups is 1. The van der Waals surface area contributed by atoms with Crippen molar-refractivity contribution in [3.05, 3.63) is 51.6 Å². The molecule has 1 heterocycles. The smallest absolute Gasteiger partial charge is 0.271 e. The lowest BCUT2D eigenvalue weighted by Crippen LogP contribution is -2.33. The first-order valence-electron chi connectivity index (χ1n) is 8.42. The summed E-state index contributed by atoms with van der Waals surface area (Å²) in [6.45, 7) is 4.00. The number of hydrogen-bond donors (Lipinski definition) is 0. The number of non-ortho nitro benzene ring substituents is 1. The first-order valence-corrected chi connectivity index (χ1v) is 8.42. The normalized spacial score (nSPS) is 28.7. The fourth-order valence-electron chi connectivity index (χ4n) is 4.63. The maximum Gasteiger partial charge on any atom is 0.271 e. The lowest BCUT2D eigenvalue weighted by atomic mass is 9.85. The van der Waals surface area contributed by atoms with Crippen molar-refractivity contribution in [3.8, 4) is 5.75 Å². The van der Waals surface area contributed by atoms with Gasteiger partial charge in [-0.15, -0.1) is 0 Å². The van der Waals surface area contributed by atoms with Crippen molar-refractivity contribution in [1.29, 1.82) is 0 Å². The van der Waals surface area contributed by atoms with Crippen molar-refractivity contribution in [2.75, 3.05) is 12.0 Å². The summed E-state index contributed by atoms with van der Waals surface area (Å²) in [6, 6.07) is 3.93. The van der Waals surface area contributed by atoms with E-state index in [2.05, 4.69) is 0 Å². The summed E-state index contributed by atoms with van der Waals surface area (Å²) in [5.74, 6) is -1.37. The van der Waals surface area contributed by atoms with Crippen LogP contribution < -0.4 is 9.64 Å². The number of allylic oxidation sites excluding steroid dienone is 4. The molecule has 1 aromatic rings. The van der Waals surface area contributed by atoms with Gasteiger partial charge in [0.05, 0.1) is 23.9 Å². The molecule has 3 aliphatic rings. The Morgan fingerprint density at radius 2 is 1.69 bits per heavy atom. The molecule has 0 unspecified atom stereocenters. The van der Waals surface area contributed by atoms with Gasteiger partial charge in [-0.1, -0.05) is 23.3 Å². The fourth-order valence-corrected chi connectivity index (χ4v) is 4.63. The van der Waals surface area contributed by atoms with Gasteiger partial charge in [0.15, 0.2) is 0 Å². The van der Waals surface area contributed by atoms with Crippen molar-refractivity contribution in [2.45, 2.75) is 13.8 Å². The summed E-state index contributed by atoms with van der Waals surface area (Å²) in [7, 11) is 1.41. The third-order valence-corrected chi connectivity index (χ3v) is 5.61. The van der Waals surface area contributed by atoms with Crippen LogP contribution in [0.3, 0.4) is 0 Å². The van der Waals surface area contributed by atoms with Crippen LogP contribution in [0.5, 0.6) is 5.75 Å². The van der Waals surface area contributed by atoms with Crippen LogP contribution in [0, 0.1) is 33.8 Å². The lowest BCUT2D eigenvalue weighted by molar-refractivity contribution is -0.384. The molecule has 0 aromatic heterocycles. The first-order chi connectivity index (χ1) is 12.4. The number of amides is 2. The Morgan fingerprint density at radius 1 is 1.12 bits per heavy atom. The molecule has 0 N–H and O–H groups in total. The standard InChI is InChI=1S/C19H18N2O5/c1-9(2)15-11-5-6-12(15)17-16(11)18(22)20(19(17)23)13-8-10(21(24)25)4-7-14(13)26-3/h4-8,11-12,16-17H,1-3H3/t11-,12-,16+,17+/m0/s1. The number of rotatable bonds is 3. The highest BCUT2D eigenvalue weighted by Gasteiger charge is 2.62. The van der Waals surface area contributed by atoms with Crippen LogP contribution in [0.1, 0.15) is 13.8 Å². The number of imide groups is 1. The zero-order valence-electron chi connectivity index (χ0n) is 14.6. The Morgan fingerprint density at radius 3 is 2.15 bits per heavy atom. The lowest BCUT2D eigenvalue weighted by Gasteiger charge is -2.21. The molecule has 0 radical (unpaired) electrons. The molecular formula is C19H18N2O5. The minimum absolute atomic E-state index is 0.0684. The van der Waals surface area contributed by atoms with Crippen LogP contribution in [-0.2, 0) is 9.59 Å². The zero-order chi connectivity index (χ0) is 18.7. The molecule has 4 rings (SSSR count). The van der Waals surface area contributed by atoms with Crippen LogP contribution in [-0.4, -0.2) is 23.8 Å². The van der Waals surface area contributed by atoms with E-state index in [-0.39, 0.29) is 40.8 Å². The molecule has 4 atom stereocenters. The van der Waals surface area contributed by atoms with E-state index in [0.717, 1.165) is 16.0 Å². The maximum atomic E-state index is 13.1. The third kappa shape index (κ3) is 2.00. The Labute approximate surface area is 150 Å². The highest BCUT2D eigenvalue weighted by Crippen LogP contribution is 2.57. The van der Waals surface area contributed by atoms with Gasteiger partial charge in [-0.3, -0.25) is 19.7 Å². The topological polar surface area (TPSA) is 89.8 Å². The number of carbonyl (C=O) groups excluding carboxylic acids is 2. The summed E-state index contributed by atoms with van der Waals surface area (Å²) >= 11 is 0. The second-order valence-corrected chi connectivity index (χ2v) is 7.07. The number of anilines is 1. The van der Waals surface area contributed by atoms with E-state index in [1.54, 1.807) is 0 Å². The van der Waals surface area contributed by atoms with Gasteiger partial charge in [-0.05, 0) is 19.9 Å². The van der Waals surface area contributed by atoms with Crippen LogP contribution in [0.4, 0.5) is 11.4 Å². The van der Waals surface area contributed by atoms with E-state index in [1.807, 2.05) is 26.0 Å². The molecule has 134 valence electrons. The van der Waals surface area contributed by atoms with Gasteiger partial charge >= 0.3 is 0 Å². The van der Waals surface area contributed by atoms with E-state index in [0.29, 0.717) is 0 Å². The fraction of sp³-hybridized carbons (Fsp3) is 0.368. The minimum Gasteiger partial charge on any atom is -0.495 e. The van der Waals surface area contributed by atoms with Gasteiger partial charge in [0, 0.05) is 24.0 Å². The second kappa shape index (κ2) is 5.52. The molecule has 1 aromatic carbocycles. The van der Waals surface area contributed by atoms with Gasteiger partial charge in [0.25, 0.3) is 5.69 Å². The Kier molecular flexibility index (Phi) is 3.50. The number of hydrogen-bond acceptors (Lipinski definition) is 5. The Hall–Kier alpha value is -2.96. The van der Waals surface area contributed by atoms with Crippen LogP contribution >= 0.6 is 0 Å². The average molecular weight is 354 g/mol. The first kappa shape index (κ1) is 16.5. The van der Waals surface area contributed by atoms with E-state index in [4.69, 9.17) is 4.74 Å². The molecule has 1 saturated carbocycles. The SMILES string of the molecule is COc1ccc([N+](=O)[O-])cc1N1C(=O)[C@H]2[C@H](C1=O)[C@H]1C=C[C@H]2C1=C(C)C. The monoisotopic (exact) mass is 354 g/mol. The van der Waals surface area contributed by atoms with Gasteiger partial charge in [-0.25, -0.2) is 4.90 Å². The molecule has 26 heavy (non-hydrogen) atoms. The van der Waals surface area contributed by atoms with E-state index < -0.39 is 16.8 Å². The number of benzene rings is 1. The Balaban J connectivity index is 1.80.